The number of nitrogens with zero attached hydrogens (tertiary/aromatic N) is 3. The number of benzene rings is 2. The SMILES string of the molecule is N#C/C(=N\Nc1ccc(S(=O)(=O)O)cc1-c1nc2ccccc2o1)C(=N)N. The summed E-state index contributed by atoms with van der Waals surface area (Å²) in [5.41, 5.74) is 8.82. The lowest BCUT2D eigenvalue weighted by Gasteiger charge is -2.08. The first-order chi connectivity index (χ1) is 12.8. The van der Waals surface area contributed by atoms with Gasteiger partial charge in [0.2, 0.25) is 11.6 Å². The molecule has 0 bridgehead atoms. The number of hydrogen-bond acceptors (Lipinski definition) is 8. The molecule has 0 atom stereocenters. The molecule has 11 heteroatoms. The minimum absolute atomic E-state index is 0.0701. The van der Waals surface area contributed by atoms with Crippen molar-refractivity contribution in [3.8, 4) is 17.5 Å². The minimum Gasteiger partial charge on any atom is -0.436 e. The quantitative estimate of drug-likeness (QED) is 0.223. The highest BCUT2D eigenvalue weighted by atomic mass is 32.2. The molecule has 0 saturated carbocycles. The average molecular weight is 384 g/mol. The van der Waals surface area contributed by atoms with Gasteiger partial charge in [0.25, 0.3) is 10.1 Å². The van der Waals surface area contributed by atoms with Crippen molar-refractivity contribution >= 4 is 38.5 Å². The Morgan fingerprint density at radius 3 is 2.70 bits per heavy atom. The number of nitrogens with two attached hydrogens (primary N) is 1. The van der Waals surface area contributed by atoms with Crippen LogP contribution in [0.1, 0.15) is 0 Å². The molecule has 0 aliphatic heterocycles. The van der Waals surface area contributed by atoms with Gasteiger partial charge in [0.15, 0.2) is 11.4 Å². The minimum atomic E-state index is -4.47. The Labute approximate surface area is 153 Å². The molecule has 0 saturated heterocycles. The Kier molecular flexibility index (Phi) is 4.59. The Balaban J connectivity index is 2.16. The van der Waals surface area contributed by atoms with Gasteiger partial charge in [-0.25, -0.2) is 4.98 Å². The van der Waals surface area contributed by atoms with E-state index in [1.54, 1.807) is 30.3 Å². The lowest BCUT2D eigenvalue weighted by Crippen LogP contribution is -2.21. The van der Waals surface area contributed by atoms with Crippen LogP contribution in [-0.4, -0.2) is 29.5 Å². The molecule has 3 rings (SSSR count). The van der Waals surface area contributed by atoms with Crippen molar-refractivity contribution in [1.82, 2.24) is 4.98 Å². The van der Waals surface area contributed by atoms with E-state index in [1.807, 2.05) is 0 Å². The number of amidine groups is 1. The summed E-state index contributed by atoms with van der Waals surface area (Å²) in [4.78, 5) is 3.91. The van der Waals surface area contributed by atoms with E-state index >= 15 is 0 Å². The third kappa shape index (κ3) is 3.76. The fourth-order valence-electron chi connectivity index (χ4n) is 2.21. The summed E-state index contributed by atoms with van der Waals surface area (Å²) < 4.78 is 37.9. The number of para-hydroxylation sites is 2. The Morgan fingerprint density at radius 1 is 1.33 bits per heavy atom. The van der Waals surface area contributed by atoms with Crippen LogP contribution in [-0.2, 0) is 10.1 Å². The first-order valence-corrected chi connectivity index (χ1v) is 8.79. The number of oxazole rings is 1. The summed E-state index contributed by atoms with van der Waals surface area (Å²) in [6.07, 6.45) is 0. The topological polar surface area (TPSA) is 178 Å². The molecule has 0 radical (unpaired) electrons. The van der Waals surface area contributed by atoms with Crippen molar-refractivity contribution in [3.63, 3.8) is 0 Å². The molecule has 0 amide bonds. The number of nitriles is 1. The second-order valence-corrected chi connectivity index (χ2v) is 6.69. The molecule has 10 nitrogen and oxygen atoms in total. The number of anilines is 1. The molecule has 0 unspecified atom stereocenters. The molecule has 1 heterocycles. The zero-order chi connectivity index (χ0) is 19.6. The van der Waals surface area contributed by atoms with Gasteiger partial charge >= 0.3 is 0 Å². The summed E-state index contributed by atoms with van der Waals surface area (Å²) in [5, 5.41) is 19.9. The maximum atomic E-state index is 11.5. The van der Waals surface area contributed by atoms with E-state index in [0.29, 0.717) is 11.1 Å². The summed E-state index contributed by atoms with van der Waals surface area (Å²) in [6.45, 7) is 0. The number of aromatic nitrogens is 1. The molecular weight excluding hydrogens is 372 g/mol. The number of hydrazone groups is 1. The maximum absolute atomic E-state index is 11.5. The second kappa shape index (κ2) is 6.87. The molecule has 0 fully saturated rings. The lowest BCUT2D eigenvalue weighted by atomic mass is 10.2. The molecule has 136 valence electrons. The molecular formula is C16H12N6O4S. The monoisotopic (exact) mass is 384 g/mol. The Hall–Kier alpha value is -3.75. The number of nitrogens with one attached hydrogen (secondary N) is 2. The third-order valence-electron chi connectivity index (χ3n) is 3.46. The van der Waals surface area contributed by atoms with Crippen LogP contribution in [0.4, 0.5) is 5.69 Å². The highest BCUT2D eigenvalue weighted by Crippen LogP contribution is 2.32. The van der Waals surface area contributed by atoms with Crippen molar-refractivity contribution in [1.29, 1.82) is 10.7 Å². The summed E-state index contributed by atoms with van der Waals surface area (Å²) >= 11 is 0. The normalized spacial score (nSPS) is 11.9. The second-order valence-electron chi connectivity index (χ2n) is 5.27. The molecule has 3 aromatic rings. The van der Waals surface area contributed by atoms with Crippen LogP contribution in [0, 0.1) is 16.7 Å². The van der Waals surface area contributed by atoms with Crippen molar-refractivity contribution in [2.24, 2.45) is 10.8 Å². The smallest absolute Gasteiger partial charge is 0.294 e. The average Bonchev–Trinajstić information content (AvgIpc) is 3.05. The van der Waals surface area contributed by atoms with Crippen LogP contribution in [0.15, 0.2) is 56.9 Å². The van der Waals surface area contributed by atoms with Crippen LogP contribution < -0.4 is 11.2 Å². The highest BCUT2D eigenvalue weighted by molar-refractivity contribution is 7.85. The standard InChI is InChI=1S/C16H12N6O4S/c17-8-13(15(18)19)22-21-11-6-5-9(27(23,24)25)7-10(11)16-20-12-3-1-2-4-14(12)26-16/h1-7,21H,(H3,18,19)(H,23,24,25)/b22-13+. The highest BCUT2D eigenvalue weighted by Gasteiger charge is 2.18. The van der Waals surface area contributed by atoms with E-state index < -0.39 is 16.0 Å². The molecule has 0 spiro atoms. The van der Waals surface area contributed by atoms with Crippen LogP contribution in [0.25, 0.3) is 22.6 Å². The van der Waals surface area contributed by atoms with E-state index in [9.17, 15) is 13.0 Å². The van der Waals surface area contributed by atoms with Gasteiger partial charge < -0.3 is 10.2 Å². The van der Waals surface area contributed by atoms with Crippen LogP contribution in [0.3, 0.4) is 0 Å². The first-order valence-electron chi connectivity index (χ1n) is 7.35. The first kappa shape index (κ1) is 18.1. The third-order valence-corrected chi connectivity index (χ3v) is 4.31. The Bertz CT molecular complexity index is 1190. The number of rotatable bonds is 5. The van der Waals surface area contributed by atoms with E-state index in [0.717, 1.165) is 12.1 Å². The van der Waals surface area contributed by atoms with Crippen molar-refractivity contribution in [3.05, 3.63) is 42.5 Å². The fraction of sp³-hybridized carbons (Fsp3) is 0. The van der Waals surface area contributed by atoms with Gasteiger partial charge in [-0.2, -0.15) is 18.8 Å². The predicted octanol–water partition coefficient (Wildman–Crippen LogP) is 1.97. The molecule has 0 aliphatic carbocycles. The maximum Gasteiger partial charge on any atom is 0.294 e. The molecule has 2 aromatic carbocycles. The van der Waals surface area contributed by atoms with Gasteiger partial charge in [-0.1, -0.05) is 12.1 Å². The predicted molar refractivity (Wildman–Crippen MR) is 97.8 cm³/mol. The van der Waals surface area contributed by atoms with Crippen molar-refractivity contribution in [2.45, 2.75) is 4.90 Å². The zero-order valence-electron chi connectivity index (χ0n) is 13.5. The van der Waals surface area contributed by atoms with Gasteiger partial charge in [-0.3, -0.25) is 15.4 Å². The van der Waals surface area contributed by atoms with E-state index in [2.05, 4.69) is 15.5 Å². The molecule has 1 aromatic heterocycles. The zero-order valence-corrected chi connectivity index (χ0v) is 14.4. The van der Waals surface area contributed by atoms with Gasteiger partial charge in [0.05, 0.1) is 16.1 Å². The van der Waals surface area contributed by atoms with Gasteiger partial charge in [0.1, 0.15) is 11.6 Å². The molecule has 0 aliphatic rings. The van der Waals surface area contributed by atoms with Gasteiger partial charge in [-0.15, -0.1) is 0 Å². The summed E-state index contributed by atoms with van der Waals surface area (Å²) in [6, 6.07) is 12.2. The Morgan fingerprint density at radius 2 is 2.07 bits per heavy atom. The van der Waals surface area contributed by atoms with Gasteiger partial charge in [-0.05, 0) is 30.3 Å². The molecule has 5 N–H and O–H groups in total. The number of hydrogen-bond donors (Lipinski definition) is 4. The van der Waals surface area contributed by atoms with Crippen molar-refractivity contribution < 1.29 is 17.4 Å². The van der Waals surface area contributed by atoms with E-state index in [1.165, 1.54) is 6.07 Å². The van der Waals surface area contributed by atoms with Gasteiger partial charge in [0, 0.05) is 0 Å². The van der Waals surface area contributed by atoms with Crippen molar-refractivity contribution in [2.75, 3.05) is 5.43 Å². The summed E-state index contributed by atoms with van der Waals surface area (Å²) in [7, 11) is -4.47. The summed E-state index contributed by atoms with van der Waals surface area (Å²) in [5.74, 6) is -0.469. The van der Waals surface area contributed by atoms with Crippen LogP contribution in [0.2, 0.25) is 0 Å². The lowest BCUT2D eigenvalue weighted by molar-refractivity contribution is 0.483. The largest absolute Gasteiger partial charge is 0.436 e. The fourth-order valence-corrected chi connectivity index (χ4v) is 2.71. The molecule has 27 heavy (non-hydrogen) atoms. The van der Waals surface area contributed by atoms with Crippen LogP contribution in [0.5, 0.6) is 0 Å². The van der Waals surface area contributed by atoms with Crippen LogP contribution >= 0.6 is 0 Å². The number of fused-ring (bicyclic) bond motifs is 1. The van der Waals surface area contributed by atoms with E-state index in [-0.39, 0.29) is 27.7 Å². The van der Waals surface area contributed by atoms with E-state index in [4.69, 9.17) is 20.8 Å².